The molecule has 3 N–H and O–H groups in total. The Bertz CT molecular complexity index is 1150. The van der Waals surface area contributed by atoms with Gasteiger partial charge in [-0.25, -0.2) is 10.5 Å². The van der Waals surface area contributed by atoms with Crippen LogP contribution in [-0.4, -0.2) is 47.4 Å². The number of halogens is 3. The molecule has 0 bridgehead atoms. The lowest BCUT2D eigenvalue weighted by atomic mass is 10.1. The first kappa shape index (κ1) is 24.8. The maximum atomic E-state index is 12.7. The minimum absolute atomic E-state index is 0.00715. The Hall–Kier alpha value is -3.86. The van der Waals surface area contributed by atoms with E-state index in [9.17, 15) is 22.8 Å². The van der Waals surface area contributed by atoms with Gasteiger partial charge in [-0.05, 0) is 43.3 Å². The molecule has 0 aliphatic carbocycles. The van der Waals surface area contributed by atoms with Crippen molar-refractivity contribution in [1.29, 1.82) is 0 Å². The zero-order valence-corrected chi connectivity index (χ0v) is 18.1. The summed E-state index contributed by atoms with van der Waals surface area (Å²) in [7, 11) is 0. The first-order chi connectivity index (χ1) is 16.2. The van der Waals surface area contributed by atoms with Gasteiger partial charge in [0.15, 0.2) is 0 Å². The molecule has 2 amide bonds. The van der Waals surface area contributed by atoms with Crippen LogP contribution in [-0.2, 0) is 0 Å². The van der Waals surface area contributed by atoms with Crippen molar-refractivity contribution in [2.45, 2.75) is 25.6 Å². The summed E-state index contributed by atoms with van der Waals surface area (Å²) in [6, 6.07) is 14.0. The highest BCUT2D eigenvalue weighted by Crippen LogP contribution is 2.27. The van der Waals surface area contributed by atoms with Crippen molar-refractivity contribution >= 4 is 22.7 Å². The highest BCUT2D eigenvalue weighted by atomic mass is 19.4. The molecule has 180 valence electrons. The average Bonchev–Trinajstić information content (AvgIpc) is 2.81. The molecule has 34 heavy (non-hydrogen) atoms. The predicted octanol–water partition coefficient (Wildman–Crippen LogP) is 3.88. The Morgan fingerprint density at radius 2 is 1.79 bits per heavy atom. The number of carbonyl (C=O) groups is 2. The highest BCUT2D eigenvalue weighted by Gasteiger charge is 2.27. The fourth-order valence-electron chi connectivity index (χ4n) is 3.01. The quantitative estimate of drug-likeness (QED) is 0.319. The average molecular weight is 477 g/mol. The molecular formula is C23H22F3N3O5. The Labute approximate surface area is 192 Å². The molecule has 2 aromatic carbocycles. The SMILES string of the molecule is C[C@H](CNC(=O)c1cc(OCCC(F)(F)F)c2ccccc2n1)Oc1ccc(C(=O)NO)cc1. The molecule has 1 atom stereocenters. The molecular weight excluding hydrogens is 455 g/mol. The van der Waals surface area contributed by atoms with Crippen molar-refractivity contribution in [3.05, 3.63) is 65.9 Å². The number of benzene rings is 2. The van der Waals surface area contributed by atoms with Gasteiger partial charge in [0.1, 0.15) is 23.3 Å². The normalized spacial score (nSPS) is 12.1. The van der Waals surface area contributed by atoms with Crippen LogP contribution < -0.4 is 20.3 Å². The first-order valence-corrected chi connectivity index (χ1v) is 10.2. The van der Waals surface area contributed by atoms with Crippen LogP contribution in [0, 0.1) is 0 Å². The van der Waals surface area contributed by atoms with Gasteiger partial charge in [0.2, 0.25) is 0 Å². The van der Waals surface area contributed by atoms with Crippen molar-refractivity contribution in [2.24, 2.45) is 0 Å². The molecule has 0 aliphatic rings. The van der Waals surface area contributed by atoms with E-state index >= 15 is 0 Å². The van der Waals surface area contributed by atoms with Crippen LogP contribution in [0.4, 0.5) is 13.2 Å². The second-order valence-electron chi connectivity index (χ2n) is 7.34. The number of fused-ring (bicyclic) bond motifs is 1. The summed E-state index contributed by atoms with van der Waals surface area (Å²) < 4.78 is 48.5. The number of hydroxylamine groups is 1. The maximum Gasteiger partial charge on any atom is 0.392 e. The zero-order chi connectivity index (χ0) is 24.7. The van der Waals surface area contributed by atoms with Crippen LogP contribution in [0.1, 0.15) is 34.2 Å². The molecule has 3 rings (SSSR count). The Kier molecular flexibility index (Phi) is 7.90. The van der Waals surface area contributed by atoms with Gasteiger partial charge in [-0.15, -0.1) is 0 Å². The van der Waals surface area contributed by atoms with E-state index in [2.05, 4.69) is 10.3 Å². The fraction of sp³-hybridized carbons (Fsp3) is 0.261. The molecule has 1 heterocycles. The number of nitrogens with zero attached hydrogens (tertiary/aromatic N) is 1. The van der Waals surface area contributed by atoms with E-state index < -0.39 is 37.1 Å². The number of carbonyl (C=O) groups excluding carboxylic acids is 2. The maximum absolute atomic E-state index is 12.7. The lowest BCUT2D eigenvalue weighted by Gasteiger charge is -2.16. The molecule has 0 unspecified atom stereocenters. The van der Waals surface area contributed by atoms with Gasteiger partial charge in [0.05, 0.1) is 25.1 Å². The summed E-state index contributed by atoms with van der Waals surface area (Å²) in [5.74, 6) is -0.620. The molecule has 0 fully saturated rings. The molecule has 0 aliphatic heterocycles. The molecule has 0 saturated carbocycles. The standard InChI is InChI=1S/C23H22F3N3O5/c1-14(34-16-8-6-15(7-9-16)21(30)29-32)13-27-22(31)19-12-20(33-11-10-23(24,25)26)17-4-2-3-5-18(17)28-19/h2-9,12,14,32H,10-11,13H2,1H3,(H,27,31)(H,29,30)/t14-/m1/s1. The van der Waals surface area contributed by atoms with Crippen molar-refractivity contribution in [3.8, 4) is 11.5 Å². The monoisotopic (exact) mass is 477 g/mol. The van der Waals surface area contributed by atoms with Crippen LogP contribution >= 0.6 is 0 Å². The molecule has 11 heteroatoms. The van der Waals surface area contributed by atoms with Crippen LogP contribution in [0.5, 0.6) is 11.5 Å². The minimum atomic E-state index is -4.36. The van der Waals surface area contributed by atoms with E-state index in [-0.39, 0.29) is 23.6 Å². The van der Waals surface area contributed by atoms with Gasteiger partial charge in [0.25, 0.3) is 11.8 Å². The summed E-state index contributed by atoms with van der Waals surface area (Å²) in [6.07, 6.45) is -5.93. The largest absolute Gasteiger partial charge is 0.492 e. The summed E-state index contributed by atoms with van der Waals surface area (Å²) >= 11 is 0. The zero-order valence-electron chi connectivity index (χ0n) is 18.1. The van der Waals surface area contributed by atoms with Crippen molar-refractivity contribution in [2.75, 3.05) is 13.2 Å². The number of hydrogen-bond donors (Lipinski definition) is 3. The van der Waals surface area contributed by atoms with E-state index in [1.54, 1.807) is 43.3 Å². The van der Waals surface area contributed by atoms with E-state index in [0.717, 1.165) is 0 Å². The molecule has 8 nitrogen and oxygen atoms in total. The molecule has 0 radical (unpaired) electrons. The molecule has 1 aromatic heterocycles. The van der Waals surface area contributed by atoms with Gasteiger partial charge < -0.3 is 14.8 Å². The smallest absolute Gasteiger partial charge is 0.392 e. The summed E-state index contributed by atoms with van der Waals surface area (Å²) in [4.78, 5) is 28.3. The summed E-state index contributed by atoms with van der Waals surface area (Å²) in [5, 5.41) is 11.8. The third kappa shape index (κ3) is 6.82. The summed E-state index contributed by atoms with van der Waals surface area (Å²) in [6.45, 7) is 1.24. The number of para-hydroxylation sites is 1. The predicted molar refractivity (Wildman–Crippen MR) is 116 cm³/mol. The van der Waals surface area contributed by atoms with Gasteiger partial charge in [-0.3, -0.25) is 14.8 Å². The van der Waals surface area contributed by atoms with E-state index in [0.29, 0.717) is 16.7 Å². The molecule has 0 saturated heterocycles. The van der Waals surface area contributed by atoms with Crippen molar-refractivity contribution < 1.29 is 37.4 Å². The number of pyridine rings is 1. The third-order valence-electron chi connectivity index (χ3n) is 4.66. The number of amides is 2. The number of ether oxygens (including phenoxy) is 2. The van der Waals surface area contributed by atoms with Crippen LogP contribution in [0.2, 0.25) is 0 Å². The minimum Gasteiger partial charge on any atom is -0.492 e. The van der Waals surface area contributed by atoms with Crippen molar-refractivity contribution in [3.63, 3.8) is 0 Å². The highest BCUT2D eigenvalue weighted by molar-refractivity contribution is 5.97. The fourth-order valence-corrected chi connectivity index (χ4v) is 3.01. The Morgan fingerprint density at radius 3 is 2.47 bits per heavy atom. The number of rotatable bonds is 9. The Balaban J connectivity index is 1.64. The Morgan fingerprint density at radius 1 is 1.09 bits per heavy atom. The van der Waals surface area contributed by atoms with E-state index in [1.165, 1.54) is 23.7 Å². The van der Waals surface area contributed by atoms with Gasteiger partial charge in [0, 0.05) is 17.0 Å². The molecule has 3 aromatic rings. The van der Waals surface area contributed by atoms with E-state index in [4.69, 9.17) is 14.7 Å². The number of aromatic nitrogens is 1. The second-order valence-corrected chi connectivity index (χ2v) is 7.34. The topological polar surface area (TPSA) is 110 Å². The van der Waals surface area contributed by atoms with Crippen LogP contribution in [0.3, 0.4) is 0 Å². The second kappa shape index (κ2) is 10.8. The first-order valence-electron chi connectivity index (χ1n) is 10.2. The number of hydrogen-bond acceptors (Lipinski definition) is 6. The van der Waals surface area contributed by atoms with Crippen LogP contribution in [0.15, 0.2) is 54.6 Å². The van der Waals surface area contributed by atoms with Crippen molar-refractivity contribution in [1.82, 2.24) is 15.8 Å². The van der Waals surface area contributed by atoms with Gasteiger partial charge in [-0.2, -0.15) is 13.2 Å². The summed E-state index contributed by atoms with van der Waals surface area (Å²) in [5.41, 5.74) is 2.18. The lowest BCUT2D eigenvalue weighted by molar-refractivity contribution is -0.139. The van der Waals surface area contributed by atoms with Crippen LogP contribution in [0.25, 0.3) is 10.9 Å². The molecule has 0 spiro atoms. The van der Waals surface area contributed by atoms with Gasteiger partial charge in [-0.1, -0.05) is 12.1 Å². The third-order valence-corrected chi connectivity index (χ3v) is 4.66. The van der Waals surface area contributed by atoms with Gasteiger partial charge >= 0.3 is 6.18 Å². The number of alkyl halides is 3. The van der Waals surface area contributed by atoms with E-state index in [1.807, 2.05) is 0 Å². The lowest BCUT2D eigenvalue weighted by Crippen LogP contribution is -2.34. The number of nitrogens with one attached hydrogen (secondary N) is 2.